The monoisotopic (exact) mass is 265 g/mol. The Morgan fingerprint density at radius 3 is 2.44 bits per heavy atom. The molecule has 6 heteroatoms. The number of amides is 2. The molecule has 0 radical (unpaired) electrons. The standard InChI is InChI=1S/C10H9NO2S.2Al.4H/c1-4-6-5(2)14-8-7(6)9(12)11(3)10(8)13;;;;;;/h2H,4H2,1,3H3;;;;;;. The van der Waals surface area contributed by atoms with Crippen LogP contribution in [0.2, 0.25) is 0 Å². The van der Waals surface area contributed by atoms with Crippen LogP contribution >= 0.6 is 11.3 Å². The quantitative estimate of drug-likeness (QED) is 0.548. The lowest BCUT2D eigenvalue weighted by molar-refractivity contribution is 0.0694. The van der Waals surface area contributed by atoms with Crippen LogP contribution in [0.25, 0.3) is 0 Å². The summed E-state index contributed by atoms with van der Waals surface area (Å²) < 4.78 is 0.649. The Bertz CT molecular complexity index is 481. The zero-order valence-electron chi connectivity index (χ0n) is 9.96. The Balaban J connectivity index is 2.66. The largest absolute Gasteiger partial charge is 0.277 e. The molecule has 1 aromatic rings. The molecule has 16 heavy (non-hydrogen) atoms. The van der Waals surface area contributed by atoms with Gasteiger partial charge in [0.1, 0.15) is 4.88 Å². The van der Waals surface area contributed by atoms with Gasteiger partial charge >= 0.3 is 0 Å². The topological polar surface area (TPSA) is 37.4 Å². The Hall–Kier alpha value is -0.0951. The number of rotatable bonds is 2. The van der Waals surface area contributed by atoms with E-state index in [2.05, 4.69) is 6.92 Å². The van der Waals surface area contributed by atoms with E-state index in [1.165, 1.54) is 9.78 Å². The summed E-state index contributed by atoms with van der Waals surface area (Å²) in [6.07, 6.45) is 0.856. The van der Waals surface area contributed by atoms with Crippen molar-refractivity contribution in [2.75, 3.05) is 7.05 Å². The highest BCUT2D eigenvalue weighted by molar-refractivity contribution is 7.15. The predicted octanol–water partition coefficient (Wildman–Crippen LogP) is -0.199. The molecule has 0 unspecified atom stereocenters. The van der Waals surface area contributed by atoms with Crippen LogP contribution in [0, 0.1) is 0 Å². The molecule has 2 rings (SSSR count). The first-order valence-electron chi connectivity index (χ1n) is 5.46. The Kier molecular flexibility index (Phi) is 3.32. The normalized spacial score (nSPS) is 15.1. The van der Waals surface area contributed by atoms with E-state index in [1.807, 2.05) is 0 Å². The van der Waals surface area contributed by atoms with Crippen LogP contribution in [0.15, 0.2) is 0 Å². The minimum absolute atomic E-state index is 0.108. The van der Waals surface area contributed by atoms with Crippen molar-refractivity contribution in [1.82, 2.24) is 4.90 Å². The molecule has 82 valence electrons. The third-order valence-corrected chi connectivity index (χ3v) is 6.45. The third kappa shape index (κ3) is 1.61. The first kappa shape index (κ1) is 12.4. The van der Waals surface area contributed by atoms with E-state index in [1.54, 1.807) is 18.4 Å². The zero-order chi connectivity index (χ0) is 12.0. The van der Waals surface area contributed by atoms with E-state index in [0.717, 1.165) is 44.6 Å². The fourth-order valence-electron chi connectivity index (χ4n) is 2.09. The first-order chi connectivity index (χ1) is 7.49. The van der Waals surface area contributed by atoms with Crippen LogP contribution < -0.4 is 0 Å². The van der Waals surface area contributed by atoms with E-state index in [0.29, 0.717) is 14.1 Å². The van der Waals surface area contributed by atoms with Gasteiger partial charge in [-0.05, 0) is 16.9 Å². The van der Waals surface area contributed by atoms with Crippen LogP contribution in [0.1, 0.15) is 41.0 Å². The molecule has 0 saturated heterocycles. The number of thiophene rings is 1. The molecule has 0 spiro atoms. The van der Waals surface area contributed by atoms with Gasteiger partial charge in [0.15, 0.2) is 0 Å². The summed E-state index contributed by atoms with van der Waals surface area (Å²) in [5.41, 5.74) is 1.84. The smallest absolute Gasteiger partial charge is 0.271 e. The summed E-state index contributed by atoms with van der Waals surface area (Å²) in [6.45, 7) is 2.06. The van der Waals surface area contributed by atoms with Crippen molar-refractivity contribution in [3.63, 3.8) is 0 Å². The molecule has 3 nitrogen and oxygen atoms in total. The van der Waals surface area contributed by atoms with Crippen LogP contribution in [0.5, 0.6) is 0 Å². The molecule has 0 atom stereocenters. The molecule has 1 aliphatic rings. The second kappa shape index (κ2) is 4.29. The summed E-state index contributed by atoms with van der Waals surface area (Å²) in [4.78, 5) is 27.0. The maximum Gasteiger partial charge on any atom is 0.271 e. The summed E-state index contributed by atoms with van der Waals surface area (Å²) in [5, 5.41) is 0. The number of nitrogens with zero attached hydrogens (tertiary/aromatic N) is 1. The van der Waals surface area contributed by atoms with E-state index < -0.39 is 0 Å². The maximum absolute atomic E-state index is 12.0. The van der Waals surface area contributed by atoms with Gasteiger partial charge in [-0.1, -0.05) is 6.92 Å². The predicted molar refractivity (Wildman–Crippen MR) is 70.0 cm³/mol. The van der Waals surface area contributed by atoms with Crippen LogP contribution in [-0.2, 0) is 6.42 Å². The number of carbonyl (C=O) groups excluding carboxylic acids is 2. The number of imide groups is 1. The molecule has 0 aliphatic carbocycles. The van der Waals surface area contributed by atoms with Gasteiger partial charge in [0.2, 0.25) is 32.6 Å². The van der Waals surface area contributed by atoms with Gasteiger partial charge in [0, 0.05) is 7.05 Å². The summed E-state index contributed by atoms with van der Waals surface area (Å²) in [5.74, 6) is -0.224. The fourth-order valence-corrected chi connectivity index (χ4v) is 4.86. The third-order valence-electron chi connectivity index (χ3n) is 2.93. The van der Waals surface area contributed by atoms with Gasteiger partial charge in [-0.25, -0.2) is 0 Å². The number of hydrogen-bond donors (Lipinski definition) is 0. The van der Waals surface area contributed by atoms with Crippen LogP contribution in [0.4, 0.5) is 0 Å². The molecule has 2 heterocycles. The van der Waals surface area contributed by atoms with Crippen molar-refractivity contribution in [2.24, 2.45) is 0 Å². The van der Waals surface area contributed by atoms with Gasteiger partial charge in [0.05, 0.1) is 5.56 Å². The van der Waals surface area contributed by atoms with Crippen LogP contribution in [-0.4, -0.2) is 56.3 Å². The van der Waals surface area contributed by atoms with Crippen molar-refractivity contribution in [2.45, 2.75) is 17.0 Å². The summed E-state index contributed by atoms with van der Waals surface area (Å²) in [6, 6.07) is 0. The second-order valence-corrected chi connectivity index (χ2v) is 11.2. The molecular weight excluding hydrogens is 252 g/mol. The van der Waals surface area contributed by atoms with E-state index in [4.69, 9.17) is 0 Å². The summed E-state index contributed by atoms with van der Waals surface area (Å²) in [7, 11) is 1.56. The SMILES string of the molecule is CCc1c([CH]([AlH2])[AlH2])sc2c1C(=O)N(C)C2=O. The van der Waals surface area contributed by atoms with Crippen molar-refractivity contribution in [1.29, 1.82) is 0 Å². The highest BCUT2D eigenvalue weighted by Gasteiger charge is 2.38. The van der Waals surface area contributed by atoms with Gasteiger partial charge in [-0.3, -0.25) is 14.5 Å². The summed E-state index contributed by atoms with van der Waals surface area (Å²) >= 11 is 3.78. The average molecular weight is 265 g/mol. The Labute approximate surface area is 115 Å². The lowest BCUT2D eigenvalue weighted by Gasteiger charge is -2.09. The molecule has 0 bridgehead atoms. The molecule has 0 N–H and O–H groups in total. The number of hydrogen-bond acceptors (Lipinski definition) is 3. The second-order valence-electron chi connectivity index (χ2n) is 4.33. The number of fused-ring (bicyclic) bond motifs is 1. The Morgan fingerprint density at radius 2 is 1.94 bits per heavy atom. The maximum atomic E-state index is 12.0. The lowest BCUT2D eigenvalue weighted by atomic mass is 10.1. The average Bonchev–Trinajstić information content (AvgIpc) is 2.72. The van der Waals surface area contributed by atoms with Crippen molar-refractivity contribution < 1.29 is 9.59 Å². The molecule has 0 saturated carbocycles. The molecular formula is C10H13Al2NO2S. The molecule has 1 aromatic heterocycles. The highest BCUT2D eigenvalue weighted by atomic mass is 32.1. The van der Waals surface area contributed by atoms with Crippen molar-refractivity contribution in [3.05, 3.63) is 20.9 Å². The molecule has 0 fully saturated rings. The zero-order valence-corrected chi connectivity index (χ0v) is 14.8. The first-order valence-corrected chi connectivity index (χ1v) is 8.59. The fraction of sp³-hybridized carbons (Fsp3) is 0.400. The number of carbonyl (C=O) groups is 2. The van der Waals surface area contributed by atoms with E-state index >= 15 is 0 Å². The van der Waals surface area contributed by atoms with Gasteiger partial charge < -0.3 is 0 Å². The van der Waals surface area contributed by atoms with Crippen LogP contribution in [0.3, 0.4) is 0 Å². The van der Waals surface area contributed by atoms with Crippen molar-refractivity contribution in [3.8, 4) is 0 Å². The minimum atomic E-state index is -0.116. The van der Waals surface area contributed by atoms with E-state index in [-0.39, 0.29) is 11.8 Å². The highest BCUT2D eigenvalue weighted by Crippen LogP contribution is 2.37. The molecule has 0 aromatic carbocycles. The van der Waals surface area contributed by atoms with Crippen molar-refractivity contribution >= 4 is 55.7 Å². The minimum Gasteiger partial charge on any atom is -0.277 e. The van der Waals surface area contributed by atoms with E-state index in [9.17, 15) is 9.59 Å². The van der Waals surface area contributed by atoms with Gasteiger partial charge in [-0.15, -0.1) is 15.0 Å². The van der Waals surface area contributed by atoms with Gasteiger partial charge in [-0.2, -0.15) is 0 Å². The van der Waals surface area contributed by atoms with Gasteiger partial charge in [0.25, 0.3) is 11.8 Å². The molecule has 1 aliphatic heterocycles. The Morgan fingerprint density at radius 1 is 1.31 bits per heavy atom. The molecule has 2 amide bonds. The lowest BCUT2D eigenvalue weighted by Crippen LogP contribution is -2.25.